The van der Waals surface area contributed by atoms with Crippen LogP contribution in [0.2, 0.25) is 0 Å². The van der Waals surface area contributed by atoms with Crippen LogP contribution in [0.4, 0.5) is 10.1 Å². The fourth-order valence-electron chi connectivity index (χ4n) is 3.44. The van der Waals surface area contributed by atoms with E-state index in [-0.39, 0.29) is 11.2 Å². The maximum atomic E-state index is 13.3. The quantitative estimate of drug-likeness (QED) is 0.587. The minimum atomic E-state index is -0.246. The minimum Gasteiger partial charge on any atom is -0.493 e. The minimum absolute atomic E-state index is 0.212. The molecule has 6 nitrogen and oxygen atoms in total. The van der Waals surface area contributed by atoms with Crippen LogP contribution in [-0.4, -0.2) is 39.9 Å². The molecule has 0 aliphatic carbocycles. The molecule has 0 spiro atoms. The number of anilines is 1. The maximum absolute atomic E-state index is 13.3. The molecule has 2 aromatic rings. The Kier molecular flexibility index (Phi) is 6.36. The van der Waals surface area contributed by atoms with E-state index in [1.54, 1.807) is 26.4 Å². The van der Waals surface area contributed by atoms with Gasteiger partial charge in [-0.2, -0.15) is 0 Å². The summed E-state index contributed by atoms with van der Waals surface area (Å²) in [5.41, 5.74) is 7.72. The van der Waals surface area contributed by atoms with Crippen molar-refractivity contribution >= 4 is 11.6 Å². The molecule has 0 amide bonds. The lowest BCUT2D eigenvalue weighted by molar-refractivity contribution is 0.0531. The third-order valence-corrected chi connectivity index (χ3v) is 5.11. The summed E-state index contributed by atoms with van der Waals surface area (Å²) in [5, 5.41) is 3.09. The summed E-state index contributed by atoms with van der Waals surface area (Å²) in [4.78, 5) is 4.57. The van der Waals surface area contributed by atoms with Crippen LogP contribution < -0.4 is 20.5 Å². The molecule has 0 radical (unpaired) electrons. The third kappa shape index (κ3) is 4.54. The molecule has 3 N–H and O–H groups in total. The molecule has 1 aliphatic heterocycles. The van der Waals surface area contributed by atoms with Gasteiger partial charge in [-0.3, -0.25) is 4.99 Å². The van der Waals surface area contributed by atoms with E-state index in [1.165, 1.54) is 12.1 Å². The molecular formula is C21H26FN3O3. The van der Waals surface area contributed by atoms with Gasteiger partial charge in [0.15, 0.2) is 17.5 Å². The average molecular weight is 387 g/mol. The lowest BCUT2D eigenvalue weighted by atomic mass is 9.74. The lowest BCUT2D eigenvalue weighted by Gasteiger charge is -2.36. The number of nitrogens with two attached hydrogens (primary N) is 1. The normalized spacial score (nSPS) is 16.5. The predicted molar refractivity (Wildman–Crippen MR) is 108 cm³/mol. The molecule has 0 atom stereocenters. The smallest absolute Gasteiger partial charge is 0.193 e. The van der Waals surface area contributed by atoms with Gasteiger partial charge in [0.05, 0.1) is 20.8 Å². The Labute approximate surface area is 164 Å². The summed E-state index contributed by atoms with van der Waals surface area (Å²) in [5.74, 6) is 1.30. The Morgan fingerprint density at radius 2 is 1.79 bits per heavy atom. The number of guanidine groups is 1. The maximum Gasteiger partial charge on any atom is 0.193 e. The van der Waals surface area contributed by atoms with Gasteiger partial charge in [-0.25, -0.2) is 4.39 Å². The molecule has 2 aromatic carbocycles. The van der Waals surface area contributed by atoms with E-state index in [9.17, 15) is 4.39 Å². The van der Waals surface area contributed by atoms with Gasteiger partial charge in [0.2, 0.25) is 0 Å². The summed E-state index contributed by atoms with van der Waals surface area (Å²) >= 11 is 0. The molecule has 0 saturated carbocycles. The monoisotopic (exact) mass is 387 g/mol. The highest BCUT2D eigenvalue weighted by molar-refractivity contribution is 5.92. The van der Waals surface area contributed by atoms with Crippen molar-refractivity contribution in [1.82, 2.24) is 0 Å². The number of nitrogens with zero attached hydrogens (tertiary/aromatic N) is 1. The number of benzene rings is 2. The molecule has 1 aliphatic rings. The Morgan fingerprint density at radius 1 is 1.11 bits per heavy atom. The van der Waals surface area contributed by atoms with Crippen LogP contribution in [0.1, 0.15) is 18.4 Å². The molecule has 1 fully saturated rings. The number of aliphatic imine (C=N–C) groups is 1. The fourth-order valence-corrected chi connectivity index (χ4v) is 3.44. The van der Waals surface area contributed by atoms with E-state index >= 15 is 0 Å². The van der Waals surface area contributed by atoms with Crippen molar-refractivity contribution in [2.45, 2.75) is 18.3 Å². The van der Waals surface area contributed by atoms with Crippen molar-refractivity contribution in [3.8, 4) is 11.5 Å². The SMILES string of the molecule is COc1ccc(NC(N)=NCC2(c3ccc(F)cc3)CCOCC2)cc1OC. The zero-order chi connectivity index (χ0) is 20.0. The molecule has 7 heteroatoms. The van der Waals surface area contributed by atoms with Crippen LogP contribution in [-0.2, 0) is 10.2 Å². The van der Waals surface area contributed by atoms with E-state index in [0.717, 1.165) is 24.1 Å². The fraction of sp³-hybridized carbons (Fsp3) is 0.381. The highest BCUT2D eigenvalue weighted by Gasteiger charge is 2.34. The molecule has 3 rings (SSSR count). The van der Waals surface area contributed by atoms with Gasteiger partial charge in [-0.05, 0) is 42.7 Å². The molecule has 150 valence electrons. The first-order chi connectivity index (χ1) is 13.6. The predicted octanol–water partition coefficient (Wildman–Crippen LogP) is 3.32. The Balaban J connectivity index is 1.76. The number of hydrogen-bond donors (Lipinski definition) is 2. The summed E-state index contributed by atoms with van der Waals surface area (Å²) in [6.07, 6.45) is 1.62. The second-order valence-electron chi connectivity index (χ2n) is 6.80. The third-order valence-electron chi connectivity index (χ3n) is 5.11. The first-order valence-electron chi connectivity index (χ1n) is 9.19. The largest absolute Gasteiger partial charge is 0.493 e. The van der Waals surface area contributed by atoms with Crippen molar-refractivity contribution in [3.05, 3.63) is 53.8 Å². The summed E-state index contributed by atoms with van der Waals surface area (Å²) in [6, 6.07) is 12.1. The van der Waals surface area contributed by atoms with Gasteiger partial charge in [-0.15, -0.1) is 0 Å². The number of hydrogen-bond acceptors (Lipinski definition) is 4. The molecule has 0 unspecified atom stereocenters. The van der Waals surface area contributed by atoms with Gasteiger partial charge >= 0.3 is 0 Å². The van der Waals surface area contributed by atoms with Crippen molar-refractivity contribution in [2.24, 2.45) is 10.7 Å². The standard InChI is InChI=1S/C21H26FN3O3/c1-26-18-8-7-17(13-19(18)27-2)25-20(23)24-14-21(9-11-28-12-10-21)15-3-5-16(22)6-4-15/h3-8,13H,9-12,14H2,1-2H3,(H3,23,24,25). The van der Waals surface area contributed by atoms with Gasteiger partial charge in [0.25, 0.3) is 0 Å². The molecular weight excluding hydrogens is 361 g/mol. The molecule has 28 heavy (non-hydrogen) atoms. The number of nitrogens with one attached hydrogen (secondary N) is 1. The van der Waals surface area contributed by atoms with Gasteiger partial charge in [0.1, 0.15) is 5.82 Å². The van der Waals surface area contributed by atoms with Gasteiger partial charge in [-0.1, -0.05) is 12.1 Å². The average Bonchev–Trinajstić information content (AvgIpc) is 2.73. The number of ether oxygens (including phenoxy) is 3. The Hall–Kier alpha value is -2.80. The summed E-state index contributed by atoms with van der Waals surface area (Å²) < 4.78 is 29.4. The molecule has 1 saturated heterocycles. The van der Waals surface area contributed by atoms with E-state index in [4.69, 9.17) is 19.9 Å². The van der Waals surface area contributed by atoms with Crippen molar-refractivity contribution in [1.29, 1.82) is 0 Å². The number of methoxy groups -OCH3 is 2. The van der Waals surface area contributed by atoms with Crippen molar-refractivity contribution < 1.29 is 18.6 Å². The first kappa shape index (κ1) is 19.9. The van der Waals surface area contributed by atoms with E-state index < -0.39 is 0 Å². The number of halogens is 1. The lowest BCUT2D eigenvalue weighted by Crippen LogP contribution is -2.38. The zero-order valence-corrected chi connectivity index (χ0v) is 16.2. The van der Waals surface area contributed by atoms with Gasteiger partial charge in [0, 0.05) is 30.4 Å². The Bertz CT molecular complexity index is 818. The second kappa shape index (κ2) is 8.93. The zero-order valence-electron chi connectivity index (χ0n) is 16.2. The van der Waals surface area contributed by atoms with Crippen molar-refractivity contribution in [3.63, 3.8) is 0 Å². The highest BCUT2D eigenvalue weighted by atomic mass is 19.1. The van der Waals surface area contributed by atoms with Gasteiger partial charge < -0.3 is 25.3 Å². The van der Waals surface area contributed by atoms with Crippen molar-refractivity contribution in [2.75, 3.05) is 39.3 Å². The summed E-state index contributed by atoms with van der Waals surface area (Å²) in [7, 11) is 3.17. The van der Waals surface area contributed by atoms with Crippen LogP contribution in [0.25, 0.3) is 0 Å². The summed E-state index contributed by atoms with van der Waals surface area (Å²) in [6.45, 7) is 1.79. The second-order valence-corrected chi connectivity index (χ2v) is 6.80. The van der Waals surface area contributed by atoms with Crippen LogP contribution in [0.5, 0.6) is 11.5 Å². The first-order valence-corrected chi connectivity index (χ1v) is 9.19. The van der Waals surface area contributed by atoms with Crippen LogP contribution in [0.15, 0.2) is 47.5 Å². The van der Waals surface area contributed by atoms with E-state index in [1.807, 2.05) is 18.2 Å². The molecule has 0 bridgehead atoms. The van der Waals surface area contributed by atoms with Crippen LogP contribution in [0.3, 0.4) is 0 Å². The topological polar surface area (TPSA) is 78.1 Å². The number of rotatable bonds is 6. The van der Waals surface area contributed by atoms with Crippen LogP contribution >= 0.6 is 0 Å². The van der Waals surface area contributed by atoms with E-state index in [0.29, 0.717) is 37.2 Å². The molecule has 1 heterocycles. The molecule has 0 aromatic heterocycles. The van der Waals surface area contributed by atoms with E-state index in [2.05, 4.69) is 10.3 Å². The Morgan fingerprint density at radius 3 is 2.43 bits per heavy atom. The van der Waals surface area contributed by atoms with Crippen LogP contribution in [0, 0.1) is 5.82 Å². The highest BCUT2D eigenvalue weighted by Crippen LogP contribution is 2.35.